The molecule has 1 aliphatic rings. The van der Waals surface area contributed by atoms with Crippen LogP contribution in [-0.4, -0.2) is 15.1 Å². The van der Waals surface area contributed by atoms with Gasteiger partial charge in [0.25, 0.3) is 0 Å². The first-order valence-corrected chi connectivity index (χ1v) is 17.1. The lowest BCUT2D eigenvalue weighted by Gasteiger charge is -2.32. The van der Waals surface area contributed by atoms with Gasteiger partial charge in [0, 0.05) is 27.2 Å². The number of hydrogen-bond donors (Lipinski definition) is 2. The molecule has 1 aliphatic heterocycles. The molecule has 0 fully saturated rings. The van der Waals surface area contributed by atoms with Crippen molar-refractivity contribution >= 4 is 49.6 Å². The summed E-state index contributed by atoms with van der Waals surface area (Å²) in [5.41, 5.74) is 10.4. The highest BCUT2D eigenvalue weighted by atomic mass is 15.4. The molecule has 0 radical (unpaired) electrons. The van der Waals surface area contributed by atoms with Crippen LogP contribution in [0.15, 0.2) is 181 Å². The van der Waals surface area contributed by atoms with Crippen LogP contribution in [0.1, 0.15) is 23.5 Å². The predicted molar refractivity (Wildman–Crippen MR) is 207 cm³/mol. The number of nitrogens with one attached hydrogen (secondary N) is 2. The average molecular weight is 644 g/mol. The minimum Gasteiger partial charge on any atom is -0.336 e. The number of benzene rings is 7. The first-order chi connectivity index (χ1) is 24.8. The molecule has 2 unspecified atom stereocenters. The Labute approximate surface area is 289 Å². The zero-order chi connectivity index (χ0) is 33.0. The van der Waals surface area contributed by atoms with Gasteiger partial charge in [0.05, 0.1) is 22.1 Å². The smallest absolute Gasteiger partial charge is 0.206 e. The minimum atomic E-state index is -0.226. The zero-order valence-corrected chi connectivity index (χ0v) is 27.2. The molecule has 10 rings (SSSR count). The van der Waals surface area contributed by atoms with Crippen molar-refractivity contribution in [3.8, 4) is 16.8 Å². The van der Waals surface area contributed by atoms with E-state index >= 15 is 0 Å². The Morgan fingerprint density at radius 2 is 0.960 bits per heavy atom. The van der Waals surface area contributed by atoms with Gasteiger partial charge in [0.2, 0.25) is 5.96 Å². The van der Waals surface area contributed by atoms with Gasteiger partial charge in [-0.2, -0.15) is 0 Å². The lowest BCUT2D eigenvalue weighted by atomic mass is 10.1. The highest BCUT2D eigenvalue weighted by Gasteiger charge is 2.28. The van der Waals surface area contributed by atoms with E-state index < -0.39 is 0 Å². The quantitative estimate of drug-likeness (QED) is 0.200. The van der Waals surface area contributed by atoms with E-state index in [1.807, 2.05) is 0 Å². The molecule has 5 nitrogen and oxygen atoms in total. The van der Waals surface area contributed by atoms with E-state index in [2.05, 4.69) is 196 Å². The standard InChI is InChI=1S/C45H33N5/c1-4-15-30(16-5-1)33-21-14-22-34(27-33)49-39-25-12-10-23-35(39)37-29-42-38(28-41(37)49)36-24-11-13-26-40(36)50(42)45-47-43(31-17-6-2-7-18-31)46-44(48-45)32-19-8-3-9-20-32/h1-29,43-44,46H,(H,47,48). The van der Waals surface area contributed by atoms with Gasteiger partial charge < -0.3 is 9.88 Å². The Morgan fingerprint density at radius 3 is 1.64 bits per heavy atom. The van der Waals surface area contributed by atoms with Crippen LogP contribution in [0.25, 0.3) is 60.4 Å². The Balaban J connectivity index is 1.22. The molecule has 7 aromatic carbocycles. The van der Waals surface area contributed by atoms with Crippen LogP contribution in [-0.2, 0) is 0 Å². The van der Waals surface area contributed by atoms with Crippen LogP contribution in [0.4, 0.5) is 0 Å². The van der Waals surface area contributed by atoms with Gasteiger partial charge in [-0.05, 0) is 58.7 Å². The molecular weight excluding hydrogens is 611 g/mol. The Hall–Kier alpha value is -6.43. The zero-order valence-electron chi connectivity index (χ0n) is 27.2. The number of hydrogen-bond acceptors (Lipinski definition) is 3. The van der Waals surface area contributed by atoms with E-state index in [1.54, 1.807) is 0 Å². The lowest BCUT2D eigenvalue weighted by molar-refractivity contribution is 0.403. The van der Waals surface area contributed by atoms with Crippen LogP contribution >= 0.6 is 0 Å². The summed E-state index contributed by atoms with van der Waals surface area (Å²) in [7, 11) is 0. The fourth-order valence-corrected chi connectivity index (χ4v) is 7.67. The molecule has 0 spiro atoms. The third-order valence-corrected chi connectivity index (χ3v) is 9.99. The largest absolute Gasteiger partial charge is 0.336 e. The molecule has 9 aromatic rings. The van der Waals surface area contributed by atoms with Crippen molar-refractivity contribution in [1.29, 1.82) is 0 Å². The summed E-state index contributed by atoms with van der Waals surface area (Å²) < 4.78 is 4.73. The maximum Gasteiger partial charge on any atom is 0.206 e. The van der Waals surface area contributed by atoms with Gasteiger partial charge >= 0.3 is 0 Å². The third kappa shape index (κ3) is 4.63. The van der Waals surface area contributed by atoms with Crippen LogP contribution in [0.2, 0.25) is 0 Å². The van der Waals surface area contributed by atoms with Crippen molar-refractivity contribution < 1.29 is 0 Å². The minimum absolute atomic E-state index is 0.132. The van der Waals surface area contributed by atoms with Gasteiger partial charge in [0.15, 0.2) is 0 Å². The molecule has 2 atom stereocenters. The van der Waals surface area contributed by atoms with Crippen LogP contribution in [0.3, 0.4) is 0 Å². The summed E-state index contributed by atoms with van der Waals surface area (Å²) in [6.45, 7) is 0. The summed E-state index contributed by atoms with van der Waals surface area (Å²) in [5.74, 6) is 0.816. The van der Waals surface area contributed by atoms with Crippen LogP contribution in [0, 0.1) is 0 Å². The highest BCUT2D eigenvalue weighted by molar-refractivity contribution is 6.21. The first kappa shape index (κ1) is 28.6. The van der Waals surface area contributed by atoms with Crippen molar-refractivity contribution in [2.24, 2.45) is 4.99 Å². The Kier molecular flexibility index (Phi) is 6.64. The molecule has 0 saturated heterocycles. The second-order valence-corrected chi connectivity index (χ2v) is 12.9. The topological polar surface area (TPSA) is 46.3 Å². The van der Waals surface area contributed by atoms with Crippen LogP contribution < -0.4 is 10.6 Å². The number of para-hydroxylation sites is 2. The molecule has 0 aliphatic carbocycles. The van der Waals surface area contributed by atoms with E-state index in [4.69, 9.17) is 4.99 Å². The van der Waals surface area contributed by atoms with Gasteiger partial charge in [-0.3, -0.25) is 9.88 Å². The number of fused-ring (bicyclic) bond motifs is 6. The van der Waals surface area contributed by atoms with Gasteiger partial charge in [-0.15, -0.1) is 0 Å². The Bertz CT molecular complexity index is 2710. The number of rotatable bonds is 4. The molecule has 3 heterocycles. The maximum atomic E-state index is 5.36. The van der Waals surface area contributed by atoms with E-state index in [1.165, 1.54) is 43.7 Å². The van der Waals surface area contributed by atoms with E-state index in [9.17, 15) is 0 Å². The monoisotopic (exact) mass is 643 g/mol. The van der Waals surface area contributed by atoms with Gasteiger partial charge in [-0.25, -0.2) is 4.99 Å². The molecule has 5 heteroatoms. The van der Waals surface area contributed by atoms with Crippen LogP contribution in [0.5, 0.6) is 0 Å². The van der Waals surface area contributed by atoms with Crippen molar-refractivity contribution in [1.82, 2.24) is 19.8 Å². The predicted octanol–water partition coefficient (Wildman–Crippen LogP) is 10.4. The summed E-state index contributed by atoms with van der Waals surface area (Å²) in [4.78, 5) is 5.36. The normalized spacial score (nSPS) is 16.2. The number of aromatic nitrogens is 2. The second-order valence-electron chi connectivity index (χ2n) is 12.9. The Morgan fingerprint density at radius 1 is 0.420 bits per heavy atom. The molecule has 50 heavy (non-hydrogen) atoms. The molecule has 238 valence electrons. The van der Waals surface area contributed by atoms with Crippen molar-refractivity contribution in [2.45, 2.75) is 12.3 Å². The van der Waals surface area contributed by atoms with E-state index in [0.717, 1.165) is 33.8 Å². The fraction of sp³-hybridized carbons (Fsp3) is 0.0444. The van der Waals surface area contributed by atoms with Gasteiger partial charge in [0.1, 0.15) is 12.3 Å². The number of aliphatic imine (C=N–C) groups is 1. The first-order valence-electron chi connectivity index (χ1n) is 17.1. The summed E-state index contributed by atoms with van der Waals surface area (Å²) >= 11 is 0. The number of nitrogens with zero attached hydrogens (tertiary/aromatic N) is 3. The van der Waals surface area contributed by atoms with Crippen molar-refractivity contribution in [3.63, 3.8) is 0 Å². The molecule has 0 saturated carbocycles. The van der Waals surface area contributed by atoms with Crippen molar-refractivity contribution in [3.05, 3.63) is 187 Å². The van der Waals surface area contributed by atoms with E-state index in [-0.39, 0.29) is 12.3 Å². The molecule has 0 bridgehead atoms. The summed E-state index contributed by atoms with van der Waals surface area (Å²) in [6, 6.07) is 62.7. The molecular formula is C45H33N5. The maximum absolute atomic E-state index is 5.36. The molecule has 2 aromatic heterocycles. The molecule has 0 amide bonds. The summed E-state index contributed by atoms with van der Waals surface area (Å²) in [5, 5.41) is 12.3. The third-order valence-electron chi connectivity index (χ3n) is 9.99. The summed E-state index contributed by atoms with van der Waals surface area (Å²) in [6.07, 6.45) is -0.357. The second kappa shape index (κ2) is 11.6. The fourth-order valence-electron chi connectivity index (χ4n) is 7.67. The highest BCUT2D eigenvalue weighted by Crippen LogP contribution is 2.39. The molecule has 2 N–H and O–H groups in total. The SMILES string of the molecule is c1ccc(-c2cccc(-n3c4ccccc4c4cc5c(cc43)c3ccccc3n5C3=NC(c4ccccc4)NC(c4ccccc4)N3)c2)cc1. The average Bonchev–Trinajstić information content (AvgIpc) is 3.70. The van der Waals surface area contributed by atoms with E-state index in [0.29, 0.717) is 0 Å². The van der Waals surface area contributed by atoms with Gasteiger partial charge in [-0.1, -0.05) is 140 Å². The lowest BCUT2D eigenvalue weighted by Crippen LogP contribution is -2.47. The van der Waals surface area contributed by atoms with Crippen molar-refractivity contribution in [2.75, 3.05) is 0 Å².